The molecule has 2 aromatic rings. The van der Waals surface area contributed by atoms with E-state index in [1.807, 2.05) is 12.1 Å². The molecule has 5 nitrogen and oxygen atoms in total. The summed E-state index contributed by atoms with van der Waals surface area (Å²) in [6.45, 7) is 0. The summed E-state index contributed by atoms with van der Waals surface area (Å²) in [4.78, 5) is 12.7. The van der Waals surface area contributed by atoms with E-state index in [-0.39, 0.29) is 11.8 Å². The smallest absolute Gasteiger partial charge is 0.343 e. The van der Waals surface area contributed by atoms with E-state index in [9.17, 15) is 10.1 Å². The van der Waals surface area contributed by atoms with Gasteiger partial charge < -0.3 is 14.9 Å². The molecule has 2 aliphatic rings. The van der Waals surface area contributed by atoms with E-state index in [1.54, 1.807) is 12.1 Å². The van der Waals surface area contributed by atoms with Crippen molar-refractivity contribution in [3.8, 4) is 11.8 Å². The van der Waals surface area contributed by atoms with E-state index >= 15 is 0 Å². The van der Waals surface area contributed by atoms with Crippen LogP contribution in [0.1, 0.15) is 30.7 Å². The van der Waals surface area contributed by atoms with Crippen molar-refractivity contribution >= 4 is 11.0 Å². The second-order valence-electron chi connectivity index (χ2n) is 6.12. The molecule has 1 aliphatic heterocycles. The van der Waals surface area contributed by atoms with Crippen molar-refractivity contribution in [2.24, 2.45) is 11.7 Å². The first-order valence-corrected chi connectivity index (χ1v) is 8.00. The fraction of sp³-hybridized carbons (Fsp3) is 0.263. The highest BCUT2D eigenvalue weighted by molar-refractivity contribution is 5.85. The van der Waals surface area contributed by atoms with Crippen molar-refractivity contribution in [3.63, 3.8) is 0 Å². The summed E-state index contributed by atoms with van der Waals surface area (Å²) >= 11 is 0. The van der Waals surface area contributed by atoms with Gasteiger partial charge in [0.2, 0.25) is 5.88 Å². The number of hydrogen-bond acceptors (Lipinski definition) is 5. The van der Waals surface area contributed by atoms with E-state index in [2.05, 4.69) is 18.2 Å². The quantitative estimate of drug-likeness (QED) is 0.643. The zero-order valence-electron chi connectivity index (χ0n) is 13.0. The van der Waals surface area contributed by atoms with E-state index in [0.717, 1.165) is 19.3 Å². The molecule has 24 heavy (non-hydrogen) atoms. The highest BCUT2D eigenvalue weighted by Gasteiger charge is 2.38. The third-order valence-electron chi connectivity index (χ3n) is 4.74. The van der Waals surface area contributed by atoms with Crippen molar-refractivity contribution in [2.45, 2.75) is 25.2 Å². The molecule has 0 unspecified atom stereocenters. The van der Waals surface area contributed by atoms with Crippen molar-refractivity contribution < 1.29 is 9.15 Å². The second kappa shape index (κ2) is 5.57. The third-order valence-corrected chi connectivity index (χ3v) is 4.74. The molecular formula is C19H16N2O3. The first kappa shape index (κ1) is 14.6. The van der Waals surface area contributed by atoms with E-state index in [1.165, 1.54) is 0 Å². The predicted octanol–water partition coefficient (Wildman–Crippen LogP) is 3.32. The van der Waals surface area contributed by atoms with Crippen LogP contribution < -0.4 is 16.1 Å². The Labute approximate surface area is 138 Å². The molecule has 0 saturated carbocycles. The fourth-order valence-electron chi connectivity index (χ4n) is 3.65. The zero-order valence-corrected chi connectivity index (χ0v) is 13.0. The summed E-state index contributed by atoms with van der Waals surface area (Å²) in [5.41, 5.74) is 6.71. The van der Waals surface area contributed by atoms with Crippen LogP contribution in [0.4, 0.5) is 0 Å². The molecule has 1 aromatic carbocycles. The van der Waals surface area contributed by atoms with Gasteiger partial charge in [-0.2, -0.15) is 5.26 Å². The lowest BCUT2D eigenvalue weighted by Crippen LogP contribution is -2.29. The Balaban J connectivity index is 2.02. The summed E-state index contributed by atoms with van der Waals surface area (Å²) in [6, 6.07) is 9.32. The first-order valence-electron chi connectivity index (χ1n) is 8.00. The van der Waals surface area contributed by atoms with E-state index in [4.69, 9.17) is 14.9 Å². The van der Waals surface area contributed by atoms with E-state index in [0.29, 0.717) is 27.9 Å². The Kier molecular flexibility index (Phi) is 3.39. The number of allylic oxidation sites excluding steroid dienone is 3. The Morgan fingerprint density at radius 2 is 2.12 bits per heavy atom. The third kappa shape index (κ3) is 2.11. The molecule has 2 N–H and O–H groups in total. The molecule has 0 radical (unpaired) electrons. The lowest BCUT2D eigenvalue weighted by Gasteiger charge is -2.31. The van der Waals surface area contributed by atoms with Crippen LogP contribution in [0.15, 0.2) is 57.1 Å². The van der Waals surface area contributed by atoms with Gasteiger partial charge in [0.15, 0.2) is 5.75 Å². The molecule has 0 saturated heterocycles. The first-order chi connectivity index (χ1) is 11.7. The molecule has 0 spiro atoms. The van der Waals surface area contributed by atoms with Gasteiger partial charge in [-0.3, -0.25) is 0 Å². The second-order valence-corrected chi connectivity index (χ2v) is 6.12. The molecule has 4 rings (SSSR count). The summed E-state index contributed by atoms with van der Waals surface area (Å²) < 4.78 is 11.2. The SMILES string of the molecule is N#CC1=C(N)Oc2c(c(=O)oc3ccccc23)[C@@H]1[C@@H]1C=CCCC1. The van der Waals surface area contributed by atoms with Crippen LogP contribution in [0.5, 0.6) is 5.75 Å². The Morgan fingerprint density at radius 3 is 2.88 bits per heavy atom. The van der Waals surface area contributed by atoms with Crippen LogP contribution in [0, 0.1) is 17.2 Å². The number of fused-ring (bicyclic) bond motifs is 3. The van der Waals surface area contributed by atoms with Gasteiger partial charge >= 0.3 is 5.63 Å². The van der Waals surface area contributed by atoms with Crippen molar-refractivity contribution in [1.29, 1.82) is 5.26 Å². The Hall–Kier alpha value is -3.00. The normalized spacial score (nSPS) is 22.8. The van der Waals surface area contributed by atoms with Crippen LogP contribution >= 0.6 is 0 Å². The van der Waals surface area contributed by atoms with E-state index < -0.39 is 11.5 Å². The summed E-state index contributed by atoms with van der Waals surface area (Å²) in [5, 5.41) is 10.3. The van der Waals surface area contributed by atoms with Gasteiger partial charge in [-0.05, 0) is 37.3 Å². The maximum atomic E-state index is 12.7. The molecule has 0 amide bonds. The number of rotatable bonds is 1. The average molecular weight is 320 g/mol. The van der Waals surface area contributed by atoms with Gasteiger partial charge in [-0.15, -0.1) is 0 Å². The number of nitriles is 1. The lowest BCUT2D eigenvalue weighted by molar-refractivity contribution is 0.358. The molecular weight excluding hydrogens is 304 g/mol. The average Bonchev–Trinajstić information content (AvgIpc) is 2.61. The molecule has 0 bridgehead atoms. The number of ether oxygens (including phenoxy) is 1. The molecule has 1 aromatic heterocycles. The minimum Gasteiger partial charge on any atom is -0.439 e. The maximum Gasteiger partial charge on any atom is 0.343 e. The number of nitrogens with zero attached hydrogens (tertiary/aromatic N) is 1. The van der Waals surface area contributed by atoms with Gasteiger partial charge in [-0.25, -0.2) is 4.79 Å². The zero-order chi connectivity index (χ0) is 16.7. The topological polar surface area (TPSA) is 89.3 Å². The van der Waals surface area contributed by atoms with Crippen LogP contribution in [0.3, 0.4) is 0 Å². The largest absolute Gasteiger partial charge is 0.439 e. The Bertz CT molecular complexity index is 978. The summed E-state index contributed by atoms with van der Waals surface area (Å²) in [5.74, 6) is 0.113. The Morgan fingerprint density at radius 1 is 1.29 bits per heavy atom. The predicted molar refractivity (Wildman–Crippen MR) is 89.2 cm³/mol. The summed E-state index contributed by atoms with van der Waals surface area (Å²) in [7, 11) is 0. The minimum atomic E-state index is -0.465. The molecule has 2 heterocycles. The number of nitrogens with two attached hydrogens (primary N) is 1. The molecule has 1 aliphatic carbocycles. The van der Waals surface area contributed by atoms with Gasteiger partial charge in [0.1, 0.15) is 11.7 Å². The number of para-hydroxylation sites is 1. The fourth-order valence-corrected chi connectivity index (χ4v) is 3.65. The molecule has 5 heteroatoms. The van der Waals surface area contributed by atoms with Crippen LogP contribution in [-0.4, -0.2) is 0 Å². The number of benzene rings is 1. The summed E-state index contributed by atoms with van der Waals surface area (Å²) in [6.07, 6.45) is 7.09. The van der Waals surface area contributed by atoms with Gasteiger partial charge in [0.25, 0.3) is 0 Å². The van der Waals surface area contributed by atoms with Gasteiger partial charge in [-0.1, -0.05) is 24.3 Å². The lowest BCUT2D eigenvalue weighted by atomic mass is 9.75. The monoisotopic (exact) mass is 320 g/mol. The standard InChI is InChI=1S/C19H16N2O3/c20-10-13-15(11-6-2-1-3-7-11)16-17(24-18(13)21)12-8-4-5-9-14(12)23-19(16)22/h2,4-6,8-9,11,15H,1,3,7,21H2/t11-,15-/m1/s1. The van der Waals surface area contributed by atoms with Crippen LogP contribution in [-0.2, 0) is 0 Å². The van der Waals surface area contributed by atoms with Crippen LogP contribution in [0.25, 0.3) is 11.0 Å². The van der Waals surface area contributed by atoms with Crippen molar-refractivity contribution in [3.05, 3.63) is 63.9 Å². The molecule has 2 atom stereocenters. The number of hydrogen-bond donors (Lipinski definition) is 1. The molecule has 0 fully saturated rings. The maximum absolute atomic E-state index is 12.7. The van der Waals surface area contributed by atoms with Gasteiger partial charge in [0.05, 0.1) is 16.5 Å². The highest BCUT2D eigenvalue weighted by Crippen LogP contribution is 2.45. The molecule has 120 valence electrons. The van der Waals surface area contributed by atoms with Crippen LogP contribution in [0.2, 0.25) is 0 Å². The highest BCUT2D eigenvalue weighted by atomic mass is 16.5. The minimum absolute atomic E-state index is 0.0404. The van der Waals surface area contributed by atoms with Crippen molar-refractivity contribution in [1.82, 2.24) is 0 Å². The van der Waals surface area contributed by atoms with Gasteiger partial charge in [0, 0.05) is 5.92 Å². The van der Waals surface area contributed by atoms with Crippen molar-refractivity contribution in [2.75, 3.05) is 0 Å².